The molecular formula is C25H24N4O. The van der Waals surface area contributed by atoms with Crippen molar-refractivity contribution in [3.05, 3.63) is 108 Å². The van der Waals surface area contributed by atoms with Gasteiger partial charge in [-0.1, -0.05) is 30.3 Å². The van der Waals surface area contributed by atoms with Gasteiger partial charge in [0, 0.05) is 43.1 Å². The Morgan fingerprint density at radius 3 is 2.53 bits per heavy atom. The van der Waals surface area contributed by atoms with E-state index in [2.05, 4.69) is 34.3 Å². The molecule has 30 heavy (non-hydrogen) atoms. The Morgan fingerprint density at radius 2 is 1.80 bits per heavy atom. The molecule has 0 aliphatic rings. The molecule has 3 aromatic heterocycles. The lowest BCUT2D eigenvalue weighted by atomic mass is 10.1. The van der Waals surface area contributed by atoms with E-state index in [-0.39, 0.29) is 11.9 Å². The van der Waals surface area contributed by atoms with Gasteiger partial charge in [0.2, 0.25) is 0 Å². The Hall–Kier alpha value is -3.73. The van der Waals surface area contributed by atoms with Gasteiger partial charge in [-0.3, -0.25) is 14.8 Å². The minimum Gasteiger partial charge on any atom is -0.344 e. The van der Waals surface area contributed by atoms with Gasteiger partial charge < -0.3 is 9.88 Å². The Kier molecular flexibility index (Phi) is 5.70. The van der Waals surface area contributed by atoms with Crippen molar-refractivity contribution in [2.75, 3.05) is 0 Å². The summed E-state index contributed by atoms with van der Waals surface area (Å²) in [6, 6.07) is 17.8. The van der Waals surface area contributed by atoms with Crippen molar-refractivity contribution in [1.29, 1.82) is 0 Å². The van der Waals surface area contributed by atoms with Crippen molar-refractivity contribution in [2.45, 2.75) is 26.4 Å². The van der Waals surface area contributed by atoms with Crippen molar-refractivity contribution < 1.29 is 4.79 Å². The molecule has 5 nitrogen and oxygen atoms in total. The summed E-state index contributed by atoms with van der Waals surface area (Å²) in [6.07, 6.45) is 9.06. The van der Waals surface area contributed by atoms with E-state index < -0.39 is 0 Å². The SMILES string of the molecule is Cc1ccccc1Cn1cc(-c2ccncc2)cc1C(=O)N[C@H](C)c1cccnc1. The Morgan fingerprint density at radius 1 is 1.00 bits per heavy atom. The lowest BCUT2D eigenvalue weighted by molar-refractivity contribution is 0.0931. The average Bonchev–Trinajstić information content (AvgIpc) is 3.20. The second-order valence-electron chi connectivity index (χ2n) is 7.39. The molecule has 0 radical (unpaired) electrons. The van der Waals surface area contributed by atoms with Gasteiger partial charge in [-0.15, -0.1) is 0 Å². The Bertz CT molecular complexity index is 1140. The molecule has 3 heterocycles. The Labute approximate surface area is 176 Å². The van der Waals surface area contributed by atoms with Crippen LogP contribution in [-0.2, 0) is 6.54 Å². The first-order valence-electron chi connectivity index (χ1n) is 9.97. The summed E-state index contributed by atoms with van der Waals surface area (Å²) >= 11 is 0. The minimum atomic E-state index is -0.141. The smallest absolute Gasteiger partial charge is 0.268 e. The highest BCUT2D eigenvalue weighted by Crippen LogP contribution is 2.24. The fourth-order valence-electron chi connectivity index (χ4n) is 3.49. The van der Waals surface area contributed by atoms with Gasteiger partial charge >= 0.3 is 0 Å². The van der Waals surface area contributed by atoms with E-state index in [1.165, 1.54) is 11.1 Å². The monoisotopic (exact) mass is 396 g/mol. The lowest BCUT2D eigenvalue weighted by Crippen LogP contribution is -2.28. The van der Waals surface area contributed by atoms with Crippen LogP contribution < -0.4 is 5.32 Å². The number of carbonyl (C=O) groups is 1. The van der Waals surface area contributed by atoms with E-state index in [1.54, 1.807) is 24.8 Å². The normalized spacial score (nSPS) is 11.8. The summed E-state index contributed by atoms with van der Waals surface area (Å²) < 4.78 is 2.02. The third kappa shape index (κ3) is 4.30. The molecule has 4 rings (SSSR count). The summed E-state index contributed by atoms with van der Waals surface area (Å²) in [5.41, 5.74) is 6.00. The van der Waals surface area contributed by atoms with Crippen LogP contribution in [0.3, 0.4) is 0 Å². The number of hydrogen-bond donors (Lipinski definition) is 1. The maximum Gasteiger partial charge on any atom is 0.268 e. The van der Waals surface area contributed by atoms with Gasteiger partial charge in [-0.25, -0.2) is 0 Å². The molecule has 0 aliphatic heterocycles. The van der Waals surface area contributed by atoms with Crippen LogP contribution in [0.1, 0.15) is 40.1 Å². The molecule has 0 aliphatic carbocycles. The second-order valence-corrected chi connectivity index (χ2v) is 7.39. The third-order valence-electron chi connectivity index (χ3n) is 5.28. The molecule has 1 N–H and O–H groups in total. The topological polar surface area (TPSA) is 59.8 Å². The first-order chi connectivity index (χ1) is 14.6. The number of nitrogens with one attached hydrogen (secondary N) is 1. The number of benzene rings is 1. The van der Waals surface area contributed by atoms with Crippen LogP contribution in [0.15, 0.2) is 85.6 Å². The fraction of sp³-hybridized carbons (Fsp3) is 0.160. The summed E-state index contributed by atoms with van der Waals surface area (Å²) in [5, 5.41) is 3.11. The van der Waals surface area contributed by atoms with E-state index in [0.717, 1.165) is 16.7 Å². The first kappa shape index (κ1) is 19.6. The molecule has 5 heteroatoms. The molecule has 0 saturated heterocycles. The van der Waals surface area contributed by atoms with Crippen molar-refractivity contribution in [2.24, 2.45) is 0 Å². The molecule has 0 unspecified atom stereocenters. The van der Waals surface area contributed by atoms with E-state index in [4.69, 9.17) is 0 Å². The molecular weight excluding hydrogens is 372 g/mol. The third-order valence-corrected chi connectivity index (χ3v) is 5.28. The first-order valence-corrected chi connectivity index (χ1v) is 9.97. The number of carbonyl (C=O) groups excluding carboxylic acids is 1. The number of hydrogen-bond acceptors (Lipinski definition) is 3. The standard InChI is InChI=1S/C25H24N4O/c1-18-6-3-4-7-22(18)16-29-17-23(20-9-12-26-13-10-20)14-24(29)25(30)28-19(2)21-8-5-11-27-15-21/h3-15,17,19H,16H2,1-2H3,(H,28,30)/t19-/m1/s1. The molecule has 4 aromatic rings. The molecule has 150 valence electrons. The molecule has 1 amide bonds. The van der Waals surface area contributed by atoms with Crippen LogP contribution >= 0.6 is 0 Å². The number of amides is 1. The fourth-order valence-corrected chi connectivity index (χ4v) is 3.49. The molecule has 1 aromatic carbocycles. The van der Waals surface area contributed by atoms with Crippen LogP contribution in [0.5, 0.6) is 0 Å². The number of rotatable bonds is 6. The van der Waals surface area contributed by atoms with Crippen molar-refractivity contribution in [1.82, 2.24) is 19.9 Å². The van der Waals surface area contributed by atoms with Gasteiger partial charge in [0.1, 0.15) is 5.69 Å². The molecule has 0 saturated carbocycles. The number of pyridine rings is 2. The lowest BCUT2D eigenvalue weighted by Gasteiger charge is -2.16. The van der Waals surface area contributed by atoms with Crippen LogP contribution in [0.2, 0.25) is 0 Å². The summed E-state index contributed by atoms with van der Waals surface area (Å²) in [5.74, 6) is -0.111. The van der Waals surface area contributed by atoms with E-state index in [9.17, 15) is 4.79 Å². The Balaban J connectivity index is 1.67. The minimum absolute atomic E-state index is 0.111. The van der Waals surface area contributed by atoms with Crippen molar-refractivity contribution in [3.8, 4) is 11.1 Å². The zero-order valence-electron chi connectivity index (χ0n) is 17.1. The number of aryl methyl sites for hydroxylation is 1. The second kappa shape index (κ2) is 8.74. The van der Waals surface area contributed by atoms with Gasteiger partial charge in [-0.05, 0) is 60.4 Å². The highest BCUT2D eigenvalue weighted by molar-refractivity contribution is 5.94. The highest BCUT2D eigenvalue weighted by atomic mass is 16.2. The van der Waals surface area contributed by atoms with Gasteiger partial charge in [0.25, 0.3) is 5.91 Å². The number of aromatic nitrogens is 3. The highest BCUT2D eigenvalue weighted by Gasteiger charge is 2.18. The van der Waals surface area contributed by atoms with Crippen molar-refractivity contribution >= 4 is 5.91 Å². The van der Waals surface area contributed by atoms with Gasteiger partial charge in [0.05, 0.1) is 6.04 Å². The molecule has 1 atom stereocenters. The maximum atomic E-state index is 13.2. The van der Waals surface area contributed by atoms with Crippen molar-refractivity contribution in [3.63, 3.8) is 0 Å². The van der Waals surface area contributed by atoms with Crippen LogP contribution in [0.25, 0.3) is 11.1 Å². The summed E-state index contributed by atoms with van der Waals surface area (Å²) in [4.78, 5) is 21.5. The zero-order chi connectivity index (χ0) is 20.9. The molecule has 0 spiro atoms. The quantitative estimate of drug-likeness (QED) is 0.510. The average molecular weight is 396 g/mol. The van der Waals surface area contributed by atoms with E-state index in [1.807, 2.05) is 60.2 Å². The van der Waals surface area contributed by atoms with Gasteiger partial charge in [-0.2, -0.15) is 0 Å². The van der Waals surface area contributed by atoms with Crippen LogP contribution in [-0.4, -0.2) is 20.4 Å². The summed E-state index contributed by atoms with van der Waals surface area (Å²) in [6.45, 7) is 4.68. The van der Waals surface area contributed by atoms with Crippen LogP contribution in [0.4, 0.5) is 0 Å². The van der Waals surface area contributed by atoms with Gasteiger partial charge in [0.15, 0.2) is 0 Å². The molecule has 0 bridgehead atoms. The van der Waals surface area contributed by atoms with Crippen LogP contribution in [0, 0.1) is 6.92 Å². The predicted molar refractivity (Wildman–Crippen MR) is 118 cm³/mol. The largest absolute Gasteiger partial charge is 0.344 e. The zero-order valence-corrected chi connectivity index (χ0v) is 17.1. The van der Waals surface area contributed by atoms with E-state index in [0.29, 0.717) is 12.2 Å². The number of nitrogens with zero attached hydrogens (tertiary/aromatic N) is 3. The van der Waals surface area contributed by atoms with E-state index >= 15 is 0 Å². The molecule has 0 fully saturated rings. The maximum absolute atomic E-state index is 13.2. The summed E-state index contributed by atoms with van der Waals surface area (Å²) in [7, 11) is 0. The predicted octanol–water partition coefficient (Wildman–Crippen LogP) is 4.79.